The number of hydrogen-bond donors (Lipinski definition) is 0. The van der Waals surface area contributed by atoms with Crippen LogP contribution in [0.25, 0.3) is 6.08 Å². The van der Waals surface area contributed by atoms with Crippen LogP contribution in [-0.4, -0.2) is 42.6 Å². The zero-order valence-corrected chi connectivity index (χ0v) is 13.2. The zero-order chi connectivity index (χ0) is 16.3. The Labute approximate surface area is 132 Å². The fraction of sp³-hybridized carbons (Fsp3) is 0.267. The molecule has 0 aromatic heterocycles. The summed E-state index contributed by atoms with van der Waals surface area (Å²) < 4.78 is 10.5. The van der Waals surface area contributed by atoms with E-state index in [-0.39, 0.29) is 17.2 Å². The van der Waals surface area contributed by atoms with Crippen LogP contribution in [0.5, 0.6) is 11.5 Å². The summed E-state index contributed by atoms with van der Waals surface area (Å²) in [4.78, 5) is 36.3. The van der Waals surface area contributed by atoms with Crippen LogP contribution < -0.4 is 9.47 Å². The molecule has 0 atom stereocenters. The molecule has 1 fully saturated rings. The van der Waals surface area contributed by atoms with E-state index in [1.165, 1.54) is 21.1 Å². The first-order valence-electron chi connectivity index (χ1n) is 6.43. The van der Waals surface area contributed by atoms with Gasteiger partial charge in [0.2, 0.25) is 0 Å². The van der Waals surface area contributed by atoms with Gasteiger partial charge in [-0.25, -0.2) is 0 Å². The third-order valence-electron chi connectivity index (χ3n) is 2.97. The van der Waals surface area contributed by atoms with Crippen LogP contribution in [0.1, 0.15) is 12.5 Å². The predicted molar refractivity (Wildman–Crippen MR) is 82.9 cm³/mol. The predicted octanol–water partition coefficient (Wildman–Crippen LogP) is 2.33. The number of thioether (sulfide) groups is 1. The number of para-hydroxylation sites is 1. The lowest BCUT2D eigenvalue weighted by molar-refractivity contribution is -0.127. The molecule has 22 heavy (non-hydrogen) atoms. The average Bonchev–Trinajstić information content (AvgIpc) is 2.74. The zero-order valence-electron chi connectivity index (χ0n) is 12.4. The number of rotatable bonds is 5. The Kier molecular flexibility index (Phi) is 4.87. The van der Waals surface area contributed by atoms with Gasteiger partial charge >= 0.3 is 0 Å². The van der Waals surface area contributed by atoms with Crippen molar-refractivity contribution in [2.24, 2.45) is 0 Å². The van der Waals surface area contributed by atoms with E-state index in [9.17, 15) is 14.4 Å². The maximum absolute atomic E-state index is 12.2. The van der Waals surface area contributed by atoms with E-state index < -0.39 is 11.1 Å². The molecule has 2 amide bonds. The molecule has 1 aliphatic heterocycles. The first kappa shape index (κ1) is 16.1. The highest BCUT2D eigenvalue weighted by atomic mass is 32.2. The normalized spacial score (nSPS) is 16.3. The van der Waals surface area contributed by atoms with Crippen molar-refractivity contribution in [3.63, 3.8) is 0 Å². The molecule has 1 aliphatic rings. The summed E-state index contributed by atoms with van der Waals surface area (Å²) in [5.74, 6) is 0.278. The van der Waals surface area contributed by atoms with Gasteiger partial charge in [-0.05, 0) is 30.8 Å². The number of carbonyl (C=O) groups excluding carboxylic acids is 3. The molecular formula is C15H15NO5S. The Hall–Kier alpha value is -2.28. The van der Waals surface area contributed by atoms with Crippen molar-refractivity contribution in [2.45, 2.75) is 6.92 Å². The van der Waals surface area contributed by atoms with E-state index in [1.54, 1.807) is 24.3 Å². The van der Waals surface area contributed by atoms with E-state index in [0.717, 1.165) is 16.7 Å². The molecule has 116 valence electrons. The number of imide groups is 1. The molecule has 0 bridgehead atoms. The van der Waals surface area contributed by atoms with Crippen LogP contribution in [0.4, 0.5) is 4.79 Å². The van der Waals surface area contributed by atoms with Crippen molar-refractivity contribution >= 4 is 34.8 Å². The van der Waals surface area contributed by atoms with E-state index >= 15 is 0 Å². The van der Waals surface area contributed by atoms with Crippen LogP contribution >= 0.6 is 11.8 Å². The molecular weight excluding hydrogens is 306 g/mol. The Bertz CT molecular complexity index is 668. The second-order valence-corrected chi connectivity index (χ2v) is 5.55. The van der Waals surface area contributed by atoms with Gasteiger partial charge in [0.15, 0.2) is 11.5 Å². The van der Waals surface area contributed by atoms with Gasteiger partial charge in [0.25, 0.3) is 11.1 Å². The number of ketones is 1. The third-order valence-corrected chi connectivity index (χ3v) is 3.88. The smallest absolute Gasteiger partial charge is 0.293 e. The maximum Gasteiger partial charge on any atom is 0.293 e. The van der Waals surface area contributed by atoms with Crippen LogP contribution in [0, 0.1) is 0 Å². The van der Waals surface area contributed by atoms with Crippen molar-refractivity contribution in [1.29, 1.82) is 0 Å². The van der Waals surface area contributed by atoms with E-state index in [2.05, 4.69) is 0 Å². The molecule has 1 heterocycles. The number of methoxy groups -OCH3 is 2. The van der Waals surface area contributed by atoms with Gasteiger partial charge in [-0.2, -0.15) is 0 Å². The Morgan fingerprint density at radius 2 is 2.00 bits per heavy atom. The summed E-state index contributed by atoms with van der Waals surface area (Å²) in [7, 11) is 3.01. The molecule has 6 nitrogen and oxygen atoms in total. The largest absolute Gasteiger partial charge is 0.493 e. The van der Waals surface area contributed by atoms with Gasteiger partial charge in [0.1, 0.15) is 5.78 Å². The number of Topliss-reactive ketones (excluding diaryl/α,β-unsaturated/α-hetero) is 1. The molecule has 0 unspecified atom stereocenters. The standard InChI is InChI=1S/C15H15NO5S/c1-9(17)8-16-14(18)12(22-15(16)19)7-10-5-4-6-11(20-2)13(10)21-3/h4-7H,8H2,1-3H3/b12-7-. The molecule has 0 aliphatic carbocycles. The summed E-state index contributed by atoms with van der Waals surface area (Å²) in [5.41, 5.74) is 0.621. The van der Waals surface area contributed by atoms with Crippen molar-refractivity contribution < 1.29 is 23.9 Å². The van der Waals surface area contributed by atoms with E-state index in [1.807, 2.05) is 0 Å². The van der Waals surface area contributed by atoms with Crippen LogP contribution in [-0.2, 0) is 9.59 Å². The lowest BCUT2D eigenvalue weighted by atomic mass is 10.1. The summed E-state index contributed by atoms with van der Waals surface area (Å²) in [6.45, 7) is 1.12. The second kappa shape index (κ2) is 6.65. The quantitative estimate of drug-likeness (QED) is 0.775. The van der Waals surface area contributed by atoms with Crippen molar-refractivity contribution in [2.75, 3.05) is 20.8 Å². The monoisotopic (exact) mass is 321 g/mol. The summed E-state index contributed by atoms with van der Waals surface area (Å²) in [6, 6.07) is 5.24. The SMILES string of the molecule is COc1cccc(/C=C2\SC(=O)N(CC(C)=O)C2=O)c1OC. The van der Waals surface area contributed by atoms with Crippen molar-refractivity contribution in [3.05, 3.63) is 28.7 Å². The Morgan fingerprint density at radius 3 is 2.59 bits per heavy atom. The van der Waals surface area contributed by atoms with Gasteiger partial charge in [-0.15, -0.1) is 0 Å². The highest BCUT2D eigenvalue weighted by molar-refractivity contribution is 8.18. The van der Waals surface area contributed by atoms with Gasteiger partial charge in [0.05, 0.1) is 25.7 Å². The Morgan fingerprint density at radius 1 is 1.27 bits per heavy atom. The third kappa shape index (κ3) is 3.14. The molecule has 2 rings (SSSR count). The highest BCUT2D eigenvalue weighted by Gasteiger charge is 2.35. The first-order valence-corrected chi connectivity index (χ1v) is 7.25. The van der Waals surface area contributed by atoms with Gasteiger partial charge in [-0.1, -0.05) is 12.1 Å². The topological polar surface area (TPSA) is 72.9 Å². The number of benzene rings is 1. The molecule has 1 aromatic carbocycles. The minimum Gasteiger partial charge on any atom is -0.493 e. The van der Waals surface area contributed by atoms with Gasteiger partial charge in [0, 0.05) is 5.56 Å². The molecule has 1 aromatic rings. The first-order chi connectivity index (χ1) is 10.5. The van der Waals surface area contributed by atoms with E-state index in [0.29, 0.717) is 17.1 Å². The van der Waals surface area contributed by atoms with Crippen molar-refractivity contribution in [1.82, 2.24) is 4.90 Å². The fourth-order valence-electron chi connectivity index (χ4n) is 2.03. The molecule has 0 spiro atoms. The minimum atomic E-state index is -0.477. The fourth-order valence-corrected chi connectivity index (χ4v) is 2.86. The Balaban J connectivity index is 2.37. The average molecular weight is 321 g/mol. The number of hydrogen-bond acceptors (Lipinski definition) is 6. The summed E-state index contributed by atoms with van der Waals surface area (Å²) in [5, 5.41) is -0.451. The van der Waals surface area contributed by atoms with Gasteiger partial charge < -0.3 is 9.47 Å². The number of nitrogens with zero attached hydrogens (tertiary/aromatic N) is 1. The van der Waals surface area contributed by atoms with Gasteiger partial charge in [-0.3, -0.25) is 19.3 Å². The number of amides is 2. The van der Waals surface area contributed by atoms with E-state index in [4.69, 9.17) is 9.47 Å². The van der Waals surface area contributed by atoms with Crippen LogP contribution in [0.2, 0.25) is 0 Å². The molecule has 0 radical (unpaired) electrons. The maximum atomic E-state index is 12.2. The van der Waals surface area contributed by atoms with Crippen LogP contribution in [0.15, 0.2) is 23.1 Å². The lowest BCUT2D eigenvalue weighted by Crippen LogP contribution is -2.32. The number of carbonyl (C=O) groups is 3. The highest BCUT2D eigenvalue weighted by Crippen LogP contribution is 2.37. The molecule has 1 saturated heterocycles. The number of ether oxygens (including phenoxy) is 2. The lowest BCUT2D eigenvalue weighted by Gasteiger charge is -2.10. The van der Waals surface area contributed by atoms with Crippen LogP contribution in [0.3, 0.4) is 0 Å². The van der Waals surface area contributed by atoms with Crippen molar-refractivity contribution in [3.8, 4) is 11.5 Å². The molecule has 7 heteroatoms. The summed E-state index contributed by atoms with van der Waals surface area (Å²) >= 11 is 0.801. The summed E-state index contributed by atoms with van der Waals surface area (Å²) in [6.07, 6.45) is 1.56. The second-order valence-electron chi connectivity index (χ2n) is 4.55. The minimum absolute atomic E-state index is 0.211. The molecule has 0 saturated carbocycles. The molecule has 0 N–H and O–H groups in total.